The van der Waals surface area contributed by atoms with Crippen LogP contribution < -0.4 is 0 Å². The molecule has 0 atom stereocenters. The second-order valence-corrected chi connectivity index (χ2v) is 6.37. The Labute approximate surface area is 146 Å². The number of nitrogens with zero attached hydrogens (tertiary/aromatic N) is 3. The Kier molecular flexibility index (Phi) is 4.79. The van der Waals surface area contributed by atoms with Gasteiger partial charge in [0.05, 0.1) is 12.0 Å². The molecule has 0 aliphatic heterocycles. The highest BCUT2D eigenvalue weighted by atomic mass is 19.1. The van der Waals surface area contributed by atoms with Crippen LogP contribution in [0.1, 0.15) is 31.7 Å². The van der Waals surface area contributed by atoms with Gasteiger partial charge in [-0.3, -0.25) is 0 Å². The van der Waals surface area contributed by atoms with Crippen LogP contribution in [0.4, 0.5) is 4.39 Å². The first-order valence-electron chi connectivity index (χ1n) is 8.35. The third kappa shape index (κ3) is 3.24. The van der Waals surface area contributed by atoms with Crippen molar-refractivity contribution in [2.24, 2.45) is 0 Å². The van der Waals surface area contributed by atoms with Crippen LogP contribution in [0.5, 0.6) is 11.6 Å². The van der Waals surface area contributed by atoms with E-state index in [9.17, 15) is 14.6 Å². The SMILES string of the molecule is CC(C)c1c(O)c(O)n(CCCn2ccnc2)c1-c1ccccc1F. The summed E-state index contributed by atoms with van der Waals surface area (Å²) in [4.78, 5) is 4.00. The predicted molar refractivity (Wildman–Crippen MR) is 94.1 cm³/mol. The molecule has 0 radical (unpaired) electrons. The van der Waals surface area contributed by atoms with Crippen molar-refractivity contribution in [3.8, 4) is 22.9 Å². The third-order valence-corrected chi connectivity index (χ3v) is 4.31. The molecule has 0 saturated heterocycles. The van der Waals surface area contributed by atoms with Gasteiger partial charge < -0.3 is 19.3 Å². The molecule has 0 aliphatic carbocycles. The van der Waals surface area contributed by atoms with Crippen molar-refractivity contribution in [1.29, 1.82) is 0 Å². The van der Waals surface area contributed by atoms with E-state index in [1.54, 1.807) is 35.3 Å². The Morgan fingerprint density at radius 1 is 1.16 bits per heavy atom. The van der Waals surface area contributed by atoms with Gasteiger partial charge >= 0.3 is 0 Å². The molecule has 2 N–H and O–H groups in total. The van der Waals surface area contributed by atoms with Gasteiger partial charge in [0.2, 0.25) is 5.88 Å². The number of halogens is 1. The first-order chi connectivity index (χ1) is 12.0. The van der Waals surface area contributed by atoms with Crippen LogP contribution in [0.2, 0.25) is 0 Å². The van der Waals surface area contributed by atoms with Gasteiger partial charge in [0.1, 0.15) is 5.82 Å². The van der Waals surface area contributed by atoms with Crippen LogP contribution in [-0.4, -0.2) is 24.3 Å². The largest absolute Gasteiger partial charge is 0.503 e. The number of aromatic nitrogens is 3. The van der Waals surface area contributed by atoms with E-state index in [1.165, 1.54) is 6.07 Å². The van der Waals surface area contributed by atoms with Gasteiger partial charge in [-0.25, -0.2) is 9.37 Å². The molecule has 6 heteroatoms. The fourth-order valence-electron chi connectivity index (χ4n) is 3.15. The standard InChI is InChI=1S/C19H22FN3O2/c1-13(2)16-17(14-6-3-4-7-15(14)20)23(19(25)18(16)24)10-5-9-22-11-8-21-12-22/h3-4,6-8,11-13,24-25H,5,9-10H2,1-2H3. The molecule has 3 rings (SSSR count). The van der Waals surface area contributed by atoms with E-state index >= 15 is 0 Å². The maximum atomic E-state index is 14.4. The van der Waals surface area contributed by atoms with Crippen molar-refractivity contribution < 1.29 is 14.6 Å². The van der Waals surface area contributed by atoms with E-state index in [0.717, 1.165) is 0 Å². The number of rotatable bonds is 6. The Hall–Kier alpha value is -2.76. The first kappa shape index (κ1) is 17.1. The molecule has 0 unspecified atom stereocenters. The zero-order chi connectivity index (χ0) is 18.0. The smallest absolute Gasteiger partial charge is 0.235 e. The Morgan fingerprint density at radius 2 is 1.92 bits per heavy atom. The summed E-state index contributed by atoms with van der Waals surface area (Å²) in [6.07, 6.45) is 6.01. The summed E-state index contributed by atoms with van der Waals surface area (Å²) in [5.41, 5.74) is 1.48. The van der Waals surface area contributed by atoms with Crippen molar-refractivity contribution in [3.63, 3.8) is 0 Å². The monoisotopic (exact) mass is 343 g/mol. The Morgan fingerprint density at radius 3 is 2.56 bits per heavy atom. The molecule has 0 bridgehead atoms. The Bertz CT molecular complexity index is 854. The molecule has 0 amide bonds. The second kappa shape index (κ2) is 7.01. The second-order valence-electron chi connectivity index (χ2n) is 6.37. The van der Waals surface area contributed by atoms with E-state index in [1.807, 2.05) is 24.6 Å². The van der Waals surface area contributed by atoms with Crippen LogP contribution in [0.25, 0.3) is 11.3 Å². The zero-order valence-corrected chi connectivity index (χ0v) is 14.4. The molecule has 0 fully saturated rings. The van der Waals surface area contributed by atoms with E-state index in [4.69, 9.17) is 0 Å². The highest BCUT2D eigenvalue weighted by molar-refractivity contribution is 5.72. The van der Waals surface area contributed by atoms with Crippen LogP contribution >= 0.6 is 0 Å². The van der Waals surface area contributed by atoms with Gasteiger partial charge in [-0.2, -0.15) is 0 Å². The number of aryl methyl sites for hydroxylation is 1. The average Bonchev–Trinajstić information content (AvgIpc) is 3.17. The number of hydrogen-bond acceptors (Lipinski definition) is 3. The van der Waals surface area contributed by atoms with E-state index in [2.05, 4.69) is 4.98 Å². The van der Waals surface area contributed by atoms with Crippen LogP contribution in [-0.2, 0) is 13.1 Å². The fourth-order valence-corrected chi connectivity index (χ4v) is 3.15. The number of aromatic hydroxyl groups is 2. The van der Waals surface area contributed by atoms with Gasteiger partial charge in [-0.05, 0) is 24.5 Å². The summed E-state index contributed by atoms with van der Waals surface area (Å²) >= 11 is 0. The maximum Gasteiger partial charge on any atom is 0.235 e. The van der Waals surface area contributed by atoms with Gasteiger partial charge in [-0.15, -0.1) is 0 Å². The summed E-state index contributed by atoms with van der Waals surface area (Å²) in [6.45, 7) is 4.99. The lowest BCUT2D eigenvalue weighted by Gasteiger charge is -2.14. The molecular weight excluding hydrogens is 321 g/mol. The topological polar surface area (TPSA) is 63.2 Å². The summed E-state index contributed by atoms with van der Waals surface area (Å²) in [5, 5.41) is 20.8. The van der Waals surface area contributed by atoms with Gasteiger partial charge in [-0.1, -0.05) is 26.0 Å². The quantitative estimate of drug-likeness (QED) is 0.708. The summed E-state index contributed by atoms with van der Waals surface area (Å²) < 4.78 is 17.9. The van der Waals surface area contributed by atoms with Crippen LogP contribution in [0, 0.1) is 5.82 Å². The zero-order valence-electron chi connectivity index (χ0n) is 14.4. The van der Waals surface area contributed by atoms with Gasteiger partial charge in [0.15, 0.2) is 5.75 Å². The molecule has 1 aromatic carbocycles. The predicted octanol–water partition coefficient (Wildman–Crippen LogP) is 4.12. The van der Waals surface area contributed by atoms with Crippen molar-refractivity contribution in [3.05, 3.63) is 54.4 Å². The molecule has 2 aromatic heterocycles. The Balaban J connectivity index is 2.01. The van der Waals surface area contributed by atoms with Crippen molar-refractivity contribution in [2.45, 2.75) is 39.3 Å². The molecule has 0 saturated carbocycles. The highest BCUT2D eigenvalue weighted by Crippen LogP contribution is 2.45. The van der Waals surface area contributed by atoms with Crippen molar-refractivity contribution in [2.75, 3.05) is 0 Å². The minimum atomic E-state index is -0.377. The summed E-state index contributed by atoms with van der Waals surface area (Å²) in [7, 11) is 0. The molecule has 5 nitrogen and oxygen atoms in total. The summed E-state index contributed by atoms with van der Waals surface area (Å²) in [5.74, 6) is -0.823. The van der Waals surface area contributed by atoms with Gasteiger partial charge in [0.25, 0.3) is 0 Å². The first-order valence-corrected chi connectivity index (χ1v) is 8.35. The lowest BCUT2D eigenvalue weighted by Crippen LogP contribution is -2.06. The number of imidazole rings is 1. The lowest BCUT2D eigenvalue weighted by atomic mass is 9.98. The molecule has 3 aromatic rings. The molecule has 132 valence electrons. The maximum absolute atomic E-state index is 14.4. The number of hydrogen-bond donors (Lipinski definition) is 2. The highest BCUT2D eigenvalue weighted by Gasteiger charge is 2.26. The lowest BCUT2D eigenvalue weighted by molar-refractivity contribution is 0.366. The fraction of sp³-hybridized carbons (Fsp3) is 0.316. The van der Waals surface area contributed by atoms with Crippen molar-refractivity contribution >= 4 is 0 Å². The minimum Gasteiger partial charge on any atom is -0.503 e. The van der Waals surface area contributed by atoms with E-state index in [-0.39, 0.29) is 23.4 Å². The minimum absolute atomic E-state index is 0.0598. The number of benzene rings is 1. The normalized spacial score (nSPS) is 11.4. The van der Waals surface area contributed by atoms with Gasteiger partial charge in [0, 0.05) is 36.6 Å². The van der Waals surface area contributed by atoms with Crippen LogP contribution in [0.3, 0.4) is 0 Å². The third-order valence-electron chi connectivity index (χ3n) is 4.31. The van der Waals surface area contributed by atoms with Crippen LogP contribution in [0.15, 0.2) is 43.0 Å². The van der Waals surface area contributed by atoms with E-state index in [0.29, 0.717) is 36.3 Å². The molecular formula is C19H22FN3O2. The summed E-state index contributed by atoms with van der Waals surface area (Å²) in [6, 6.07) is 6.43. The molecule has 0 aliphatic rings. The molecule has 0 spiro atoms. The molecule has 2 heterocycles. The van der Waals surface area contributed by atoms with E-state index < -0.39 is 0 Å². The average molecular weight is 343 g/mol. The molecule has 25 heavy (non-hydrogen) atoms. The van der Waals surface area contributed by atoms with Crippen molar-refractivity contribution in [1.82, 2.24) is 14.1 Å².